The van der Waals surface area contributed by atoms with Gasteiger partial charge in [0.2, 0.25) is 23.6 Å². The molecule has 1 unspecified atom stereocenters. The molecule has 1 aromatic rings. The van der Waals surface area contributed by atoms with Gasteiger partial charge in [-0.05, 0) is 49.8 Å². The van der Waals surface area contributed by atoms with Gasteiger partial charge < -0.3 is 20.9 Å². The van der Waals surface area contributed by atoms with E-state index >= 15 is 0 Å². The molecule has 8 nitrogen and oxygen atoms in total. The van der Waals surface area contributed by atoms with Gasteiger partial charge in [-0.3, -0.25) is 19.2 Å². The lowest BCUT2D eigenvalue weighted by Crippen LogP contribution is -2.56. The fourth-order valence-electron chi connectivity index (χ4n) is 4.50. The van der Waals surface area contributed by atoms with Gasteiger partial charge in [-0.1, -0.05) is 57.5 Å². The Bertz CT molecular complexity index is 1060. The summed E-state index contributed by atoms with van der Waals surface area (Å²) in [5.41, 5.74) is 1.73. The zero-order valence-electron chi connectivity index (χ0n) is 22.6. The number of hydrogen-bond acceptors (Lipinski definition) is 4. The molecule has 0 radical (unpaired) electrons. The number of carbonyl (C=O) groups excluding carboxylic acids is 4. The molecule has 3 N–H and O–H groups in total. The Labute approximate surface area is 214 Å². The summed E-state index contributed by atoms with van der Waals surface area (Å²) in [5, 5.41) is 8.43. The van der Waals surface area contributed by atoms with Gasteiger partial charge in [0.15, 0.2) is 0 Å². The smallest absolute Gasteiger partial charge is 0.246 e. The van der Waals surface area contributed by atoms with Gasteiger partial charge in [0.05, 0.1) is 5.41 Å². The van der Waals surface area contributed by atoms with Crippen molar-refractivity contribution in [2.75, 3.05) is 12.4 Å². The quantitative estimate of drug-likeness (QED) is 0.431. The molecule has 1 heterocycles. The second-order valence-electron chi connectivity index (χ2n) is 10.4. The van der Waals surface area contributed by atoms with Gasteiger partial charge in [-0.2, -0.15) is 0 Å². The minimum atomic E-state index is -0.954. The lowest BCUT2D eigenvalue weighted by atomic mass is 9.78. The Morgan fingerprint density at radius 2 is 1.69 bits per heavy atom. The zero-order chi connectivity index (χ0) is 27.2. The average Bonchev–Trinajstić information content (AvgIpc) is 3.06. The van der Waals surface area contributed by atoms with Crippen LogP contribution in [-0.2, 0) is 24.6 Å². The molecule has 1 aliphatic heterocycles. The summed E-state index contributed by atoms with van der Waals surface area (Å²) in [4.78, 5) is 52.6. The van der Waals surface area contributed by atoms with Crippen molar-refractivity contribution in [2.24, 2.45) is 11.8 Å². The fourth-order valence-corrected chi connectivity index (χ4v) is 4.50. The van der Waals surface area contributed by atoms with Crippen LogP contribution in [0.15, 0.2) is 48.2 Å². The van der Waals surface area contributed by atoms with Gasteiger partial charge >= 0.3 is 0 Å². The molecule has 0 aliphatic carbocycles. The highest BCUT2D eigenvalue weighted by Gasteiger charge is 2.44. The summed E-state index contributed by atoms with van der Waals surface area (Å²) in [6, 6.07) is 6.03. The van der Waals surface area contributed by atoms with E-state index in [-0.39, 0.29) is 35.5 Å². The molecule has 0 aromatic heterocycles. The number of anilines is 1. The second-order valence-corrected chi connectivity index (χ2v) is 10.4. The molecule has 0 saturated carbocycles. The van der Waals surface area contributed by atoms with Crippen LogP contribution in [0.2, 0.25) is 0 Å². The highest BCUT2D eigenvalue weighted by molar-refractivity contribution is 6.08. The summed E-state index contributed by atoms with van der Waals surface area (Å²) >= 11 is 0. The van der Waals surface area contributed by atoms with Crippen molar-refractivity contribution in [2.45, 2.75) is 72.4 Å². The molecule has 36 heavy (non-hydrogen) atoms. The van der Waals surface area contributed by atoms with Gasteiger partial charge in [-0.15, -0.1) is 0 Å². The monoisotopic (exact) mass is 496 g/mol. The van der Waals surface area contributed by atoms with Crippen LogP contribution in [0, 0.1) is 11.8 Å². The van der Waals surface area contributed by atoms with Gasteiger partial charge in [-0.25, -0.2) is 0 Å². The van der Waals surface area contributed by atoms with Crippen LogP contribution >= 0.6 is 0 Å². The number of benzene rings is 1. The zero-order valence-corrected chi connectivity index (χ0v) is 22.6. The molecule has 8 heteroatoms. The Hall–Kier alpha value is -3.42. The van der Waals surface area contributed by atoms with E-state index in [0.29, 0.717) is 6.42 Å². The van der Waals surface area contributed by atoms with Crippen molar-refractivity contribution in [1.82, 2.24) is 15.5 Å². The van der Waals surface area contributed by atoms with Crippen LogP contribution in [0.4, 0.5) is 5.69 Å². The largest absolute Gasteiger partial charge is 0.344 e. The van der Waals surface area contributed by atoms with E-state index in [0.717, 1.165) is 16.8 Å². The third-order valence-corrected chi connectivity index (χ3v) is 6.44. The highest BCUT2D eigenvalue weighted by atomic mass is 16.2. The summed E-state index contributed by atoms with van der Waals surface area (Å²) < 4.78 is 0. The number of rotatable bonds is 10. The second kappa shape index (κ2) is 12.0. The van der Waals surface area contributed by atoms with E-state index in [1.165, 1.54) is 18.0 Å². The standard InChI is InChI=1S/C28H40N4O4/c1-17(2)13-14-28(21-11-9-10-12-22(21)31-27(28)36)15-16-29-25(34)24(19(5)6)32(8)26(35)23(18(3)4)30-20(7)33/h9-13,15-16,18-19,23-24H,14H2,1-8H3,(H,29,34)(H,30,33)(H,31,36)/t23?,24-,28-/m0/s1. The molecular weight excluding hydrogens is 456 g/mol. The molecule has 196 valence electrons. The maximum Gasteiger partial charge on any atom is 0.246 e. The fraction of sp³-hybridized carbons (Fsp3) is 0.500. The number of nitrogens with one attached hydrogen (secondary N) is 3. The highest BCUT2D eigenvalue weighted by Crippen LogP contribution is 2.41. The van der Waals surface area contributed by atoms with Crippen LogP contribution < -0.4 is 16.0 Å². The van der Waals surface area contributed by atoms with Crippen molar-refractivity contribution < 1.29 is 19.2 Å². The first-order chi connectivity index (χ1) is 16.8. The summed E-state index contributed by atoms with van der Waals surface area (Å²) in [6.07, 6.45) is 5.68. The number of carbonyl (C=O) groups is 4. The van der Waals surface area contributed by atoms with E-state index in [9.17, 15) is 19.2 Å². The maximum atomic E-state index is 13.3. The van der Waals surface area contributed by atoms with Crippen LogP contribution in [0.3, 0.4) is 0 Å². The molecule has 1 aromatic carbocycles. The first-order valence-corrected chi connectivity index (χ1v) is 12.4. The predicted octanol–water partition coefficient (Wildman–Crippen LogP) is 3.51. The molecule has 4 amide bonds. The lowest BCUT2D eigenvalue weighted by Gasteiger charge is -2.34. The van der Waals surface area contributed by atoms with Gasteiger partial charge in [0.25, 0.3) is 0 Å². The molecule has 0 spiro atoms. The number of hydrogen-bond donors (Lipinski definition) is 3. The molecule has 0 saturated heterocycles. The average molecular weight is 497 g/mol. The minimum absolute atomic E-state index is 0.143. The number of likely N-dealkylation sites (N-methyl/N-ethyl adjacent to an activating group) is 1. The molecular formula is C28H40N4O4. The third-order valence-electron chi connectivity index (χ3n) is 6.44. The van der Waals surface area contributed by atoms with Crippen molar-refractivity contribution in [3.05, 3.63) is 53.8 Å². The lowest BCUT2D eigenvalue weighted by molar-refractivity contribution is -0.143. The van der Waals surface area contributed by atoms with E-state index in [2.05, 4.69) is 16.0 Å². The van der Waals surface area contributed by atoms with Crippen LogP contribution in [-0.4, -0.2) is 47.7 Å². The Morgan fingerprint density at radius 3 is 2.25 bits per heavy atom. The van der Waals surface area contributed by atoms with Gasteiger partial charge in [0.1, 0.15) is 12.1 Å². The van der Waals surface area contributed by atoms with Gasteiger partial charge in [0, 0.05) is 25.9 Å². The van der Waals surface area contributed by atoms with Crippen molar-refractivity contribution in [3.8, 4) is 0 Å². The Balaban J connectivity index is 2.31. The first kappa shape index (κ1) is 28.8. The Morgan fingerprint density at radius 1 is 1.06 bits per heavy atom. The number of amides is 4. The van der Waals surface area contributed by atoms with Crippen molar-refractivity contribution in [3.63, 3.8) is 0 Å². The van der Waals surface area contributed by atoms with E-state index in [1.807, 2.05) is 71.9 Å². The molecule has 2 rings (SSSR count). The summed E-state index contributed by atoms with van der Waals surface area (Å²) in [6.45, 7) is 12.7. The number of fused-ring (bicyclic) bond motifs is 1. The SMILES string of the molecule is CC(=O)NC(C(=O)N(C)[C@H](C(=O)NC=C[C@]1(CC=C(C)C)C(=O)Nc2ccccc21)C(C)C)C(C)C. The predicted molar refractivity (Wildman–Crippen MR) is 142 cm³/mol. The normalized spacial score (nSPS) is 18.4. The van der Waals surface area contributed by atoms with Crippen molar-refractivity contribution >= 4 is 29.3 Å². The van der Waals surface area contributed by atoms with Crippen LogP contribution in [0.1, 0.15) is 60.5 Å². The number of allylic oxidation sites excluding steroid dienone is 2. The number of nitrogens with zero attached hydrogens (tertiary/aromatic N) is 1. The minimum Gasteiger partial charge on any atom is -0.344 e. The topological polar surface area (TPSA) is 108 Å². The Kier molecular flexibility index (Phi) is 9.62. The summed E-state index contributed by atoms with van der Waals surface area (Å²) in [5.74, 6) is -1.49. The molecule has 1 aliphatic rings. The molecule has 0 bridgehead atoms. The summed E-state index contributed by atoms with van der Waals surface area (Å²) in [7, 11) is 1.57. The first-order valence-electron chi connectivity index (χ1n) is 12.4. The van der Waals surface area contributed by atoms with E-state index in [4.69, 9.17) is 0 Å². The van der Waals surface area contributed by atoms with Crippen molar-refractivity contribution in [1.29, 1.82) is 0 Å². The van der Waals surface area contributed by atoms with E-state index < -0.39 is 17.5 Å². The van der Waals surface area contributed by atoms with Crippen LogP contribution in [0.25, 0.3) is 0 Å². The molecule has 0 fully saturated rings. The third kappa shape index (κ3) is 6.42. The van der Waals surface area contributed by atoms with Crippen LogP contribution in [0.5, 0.6) is 0 Å². The van der Waals surface area contributed by atoms with E-state index in [1.54, 1.807) is 13.1 Å². The molecule has 3 atom stereocenters. The maximum absolute atomic E-state index is 13.3. The number of para-hydroxylation sites is 1.